The summed E-state index contributed by atoms with van der Waals surface area (Å²) in [6, 6.07) is 8.42. The summed E-state index contributed by atoms with van der Waals surface area (Å²) in [5.74, 6) is 2.09. The van der Waals surface area contributed by atoms with Gasteiger partial charge in [-0.2, -0.15) is 0 Å². The maximum absolute atomic E-state index is 4.40. The SMILES string of the molecule is CCc1cccc(Nc2ncnc(NC)c2C(C)C)c1. The van der Waals surface area contributed by atoms with Gasteiger partial charge >= 0.3 is 0 Å². The van der Waals surface area contributed by atoms with Crippen LogP contribution in [0.4, 0.5) is 17.3 Å². The van der Waals surface area contributed by atoms with Crippen molar-refractivity contribution >= 4 is 17.3 Å². The molecule has 20 heavy (non-hydrogen) atoms. The molecule has 0 saturated heterocycles. The van der Waals surface area contributed by atoms with E-state index in [0.717, 1.165) is 29.3 Å². The van der Waals surface area contributed by atoms with E-state index < -0.39 is 0 Å². The van der Waals surface area contributed by atoms with Crippen molar-refractivity contribution in [3.8, 4) is 0 Å². The molecule has 1 aromatic heterocycles. The second kappa shape index (κ2) is 6.37. The van der Waals surface area contributed by atoms with Crippen LogP contribution in [0.25, 0.3) is 0 Å². The van der Waals surface area contributed by atoms with E-state index >= 15 is 0 Å². The van der Waals surface area contributed by atoms with Crippen LogP contribution in [0.5, 0.6) is 0 Å². The highest BCUT2D eigenvalue weighted by molar-refractivity contribution is 5.66. The van der Waals surface area contributed by atoms with Crippen molar-refractivity contribution in [3.63, 3.8) is 0 Å². The summed E-state index contributed by atoms with van der Waals surface area (Å²) in [5, 5.41) is 6.55. The predicted molar refractivity (Wildman–Crippen MR) is 84.8 cm³/mol. The fourth-order valence-corrected chi connectivity index (χ4v) is 2.25. The zero-order chi connectivity index (χ0) is 14.5. The molecule has 0 bridgehead atoms. The molecule has 0 fully saturated rings. The van der Waals surface area contributed by atoms with E-state index in [1.54, 1.807) is 6.33 Å². The van der Waals surface area contributed by atoms with Crippen molar-refractivity contribution in [3.05, 3.63) is 41.7 Å². The number of benzene rings is 1. The topological polar surface area (TPSA) is 49.8 Å². The largest absolute Gasteiger partial charge is 0.373 e. The van der Waals surface area contributed by atoms with Gasteiger partial charge in [-0.15, -0.1) is 0 Å². The van der Waals surface area contributed by atoms with Crippen LogP contribution in [0.3, 0.4) is 0 Å². The molecular weight excluding hydrogens is 248 g/mol. The number of nitrogens with one attached hydrogen (secondary N) is 2. The highest BCUT2D eigenvalue weighted by Gasteiger charge is 2.14. The Labute approximate surface area is 120 Å². The van der Waals surface area contributed by atoms with Gasteiger partial charge in [-0.05, 0) is 30.0 Å². The Balaban J connectivity index is 2.37. The van der Waals surface area contributed by atoms with Gasteiger partial charge in [0.05, 0.1) is 0 Å². The first-order chi connectivity index (χ1) is 9.65. The van der Waals surface area contributed by atoms with E-state index in [9.17, 15) is 0 Å². The molecule has 4 nitrogen and oxygen atoms in total. The molecule has 0 radical (unpaired) electrons. The monoisotopic (exact) mass is 270 g/mol. The van der Waals surface area contributed by atoms with Gasteiger partial charge in [0.25, 0.3) is 0 Å². The Kier molecular flexibility index (Phi) is 4.56. The third-order valence-electron chi connectivity index (χ3n) is 3.30. The van der Waals surface area contributed by atoms with Crippen LogP contribution in [0, 0.1) is 0 Å². The second-order valence-corrected chi connectivity index (χ2v) is 5.07. The molecule has 2 rings (SSSR count). The highest BCUT2D eigenvalue weighted by Crippen LogP contribution is 2.30. The highest BCUT2D eigenvalue weighted by atomic mass is 15.1. The molecule has 0 aliphatic carbocycles. The predicted octanol–water partition coefficient (Wildman–Crippen LogP) is 3.95. The molecule has 0 aliphatic rings. The molecule has 0 atom stereocenters. The van der Waals surface area contributed by atoms with E-state index in [1.807, 2.05) is 7.05 Å². The van der Waals surface area contributed by atoms with Crippen LogP contribution >= 0.6 is 0 Å². The lowest BCUT2D eigenvalue weighted by atomic mass is 10.0. The van der Waals surface area contributed by atoms with Crippen molar-refractivity contribution in [1.29, 1.82) is 0 Å². The van der Waals surface area contributed by atoms with E-state index in [4.69, 9.17) is 0 Å². The van der Waals surface area contributed by atoms with Crippen molar-refractivity contribution in [2.24, 2.45) is 0 Å². The minimum Gasteiger partial charge on any atom is -0.373 e. The average molecular weight is 270 g/mol. The first-order valence-electron chi connectivity index (χ1n) is 7.04. The van der Waals surface area contributed by atoms with Gasteiger partial charge in [-0.25, -0.2) is 9.97 Å². The van der Waals surface area contributed by atoms with Crippen molar-refractivity contribution in [2.75, 3.05) is 17.7 Å². The lowest BCUT2D eigenvalue weighted by Gasteiger charge is -2.17. The van der Waals surface area contributed by atoms with Crippen LogP contribution in [0.2, 0.25) is 0 Å². The summed E-state index contributed by atoms with van der Waals surface area (Å²) >= 11 is 0. The zero-order valence-corrected chi connectivity index (χ0v) is 12.6. The molecule has 2 N–H and O–H groups in total. The minimum absolute atomic E-state index is 0.343. The molecule has 0 unspecified atom stereocenters. The van der Waals surface area contributed by atoms with Gasteiger partial charge in [-0.3, -0.25) is 0 Å². The number of aryl methyl sites for hydroxylation is 1. The van der Waals surface area contributed by atoms with Crippen LogP contribution in [0.15, 0.2) is 30.6 Å². The third kappa shape index (κ3) is 3.07. The van der Waals surface area contributed by atoms with Gasteiger partial charge in [-0.1, -0.05) is 32.9 Å². The second-order valence-electron chi connectivity index (χ2n) is 5.07. The van der Waals surface area contributed by atoms with Crippen molar-refractivity contribution in [2.45, 2.75) is 33.1 Å². The smallest absolute Gasteiger partial charge is 0.139 e. The lowest BCUT2D eigenvalue weighted by molar-refractivity contribution is 0.852. The maximum atomic E-state index is 4.40. The summed E-state index contributed by atoms with van der Waals surface area (Å²) in [4.78, 5) is 8.69. The zero-order valence-electron chi connectivity index (χ0n) is 12.6. The van der Waals surface area contributed by atoms with Gasteiger partial charge in [0.2, 0.25) is 0 Å². The van der Waals surface area contributed by atoms with E-state index in [0.29, 0.717) is 5.92 Å². The van der Waals surface area contributed by atoms with Crippen LogP contribution in [-0.4, -0.2) is 17.0 Å². The minimum atomic E-state index is 0.343. The fourth-order valence-electron chi connectivity index (χ4n) is 2.25. The fraction of sp³-hybridized carbons (Fsp3) is 0.375. The van der Waals surface area contributed by atoms with Crippen LogP contribution < -0.4 is 10.6 Å². The van der Waals surface area contributed by atoms with Gasteiger partial charge < -0.3 is 10.6 Å². The standard InChI is InChI=1S/C16H22N4/c1-5-12-7-6-8-13(9-12)20-16-14(11(2)3)15(17-4)18-10-19-16/h6-11H,5H2,1-4H3,(H2,17,18,19,20). The number of nitrogens with zero attached hydrogens (tertiary/aromatic N) is 2. The molecule has 1 aromatic carbocycles. The normalized spacial score (nSPS) is 10.7. The molecule has 0 spiro atoms. The molecular formula is C16H22N4. The quantitative estimate of drug-likeness (QED) is 0.863. The summed E-state index contributed by atoms with van der Waals surface area (Å²) in [6.45, 7) is 6.45. The summed E-state index contributed by atoms with van der Waals surface area (Å²) < 4.78 is 0. The number of hydrogen-bond donors (Lipinski definition) is 2. The molecule has 0 saturated carbocycles. The van der Waals surface area contributed by atoms with E-state index in [-0.39, 0.29) is 0 Å². The van der Waals surface area contributed by atoms with Crippen LogP contribution in [-0.2, 0) is 6.42 Å². The Bertz CT molecular complexity index is 578. The Morgan fingerprint density at radius 2 is 1.90 bits per heavy atom. The van der Waals surface area contributed by atoms with Crippen LogP contribution in [0.1, 0.15) is 37.8 Å². The summed E-state index contributed by atoms with van der Waals surface area (Å²) in [6.07, 6.45) is 2.61. The first kappa shape index (κ1) is 14.3. The molecule has 106 valence electrons. The van der Waals surface area contributed by atoms with E-state index in [2.05, 4.69) is 65.6 Å². The van der Waals surface area contributed by atoms with Crippen molar-refractivity contribution < 1.29 is 0 Å². The average Bonchev–Trinajstić information content (AvgIpc) is 2.46. The third-order valence-corrected chi connectivity index (χ3v) is 3.30. The molecule has 1 heterocycles. The van der Waals surface area contributed by atoms with Gasteiger partial charge in [0, 0.05) is 18.3 Å². The Morgan fingerprint density at radius 3 is 2.55 bits per heavy atom. The number of hydrogen-bond acceptors (Lipinski definition) is 4. The number of anilines is 3. The summed E-state index contributed by atoms with van der Waals surface area (Å²) in [5.41, 5.74) is 3.48. The van der Waals surface area contributed by atoms with Gasteiger partial charge in [0.15, 0.2) is 0 Å². The van der Waals surface area contributed by atoms with Crippen molar-refractivity contribution in [1.82, 2.24) is 9.97 Å². The molecule has 4 heteroatoms. The molecule has 0 amide bonds. The molecule has 2 aromatic rings. The molecule has 0 aliphatic heterocycles. The Morgan fingerprint density at radius 1 is 1.15 bits per heavy atom. The first-order valence-corrected chi connectivity index (χ1v) is 7.04. The number of aromatic nitrogens is 2. The Hall–Kier alpha value is -2.10. The lowest BCUT2D eigenvalue weighted by Crippen LogP contribution is -2.07. The summed E-state index contributed by atoms with van der Waals surface area (Å²) in [7, 11) is 1.88. The van der Waals surface area contributed by atoms with Gasteiger partial charge in [0.1, 0.15) is 18.0 Å². The maximum Gasteiger partial charge on any atom is 0.139 e. The van der Waals surface area contributed by atoms with E-state index in [1.165, 1.54) is 5.56 Å². The number of rotatable bonds is 5.